The molecule has 28 heavy (non-hydrogen) atoms. The van der Waals surface area contributed by atoms with Crippen LogP contribution < -0.4 is 10.6 Å². The molecule has 3 aromatic rings. The molecule has 4 rings (SSSR count). The second-order valence-electron chi connectivity index (χ2n) is 7.16. The molecule has 1 fully saturated rings. The number of hydrogen-bond donors (Lipinski definition) is 2. The summed E-state index contributed by atoms with van der Waals surface area (Å²) in [5, 5.41) is 6.02. The monoisotopic (exact) mass is 373 g/mol. The lowest BCUT2D eigenvalue weighted by Gasteiger charge is -2.41. The van der Waals surface area contributed by atoms with Crippen molar-refractivity contribution >= 4 is 11.9 Å². The van der Waals surface area contributed by atoms with Gasteiger partial charge in [0.15, 0.2) is 0 Å². The van der Waals surface area contributed by atoms with Gasteiger partial charge in [0.25, 0.3) is 5.91 Å². The minimum absolute atomic E-state index is 0.0745. The number of benzene rings is 1. The number of rotatable bonds is 6. The zero-order valence-corrected chi connectivity index (χ0v) is 15.9. The maximum Gasteiger partial charge on any atom is 0.251 e. The third-order valence-electron chi connectivity index (χ3n) is 5.44. The van der Waals surface area contributed by atoms with Crippen molar-refractivity contribution in [3.8, 4) is 11.1 Å². The lowest BCUT2D eigenvalue weighted by Crippen LogP contribution is -2.41. The smallest absolute Gasteiger partial charge is 0.251 e. The fraction of sp³-hybridized carbons (Fsp3) is 0.273. The zero-order chi connectivity index (χ0) is 19.4. The molecule has 142 valence electrons. The predicted octanol–water partition coefficient (Wildman–Crippen LogP) is 3.43. The highest BCUT2D eigenvalue weighted by Crippen LogP contribution is 2.42. The number of carbonyl (C=O) groups excluding carboxylic acids is 1. The summed E-state index contributed by atoms with van der Waals surface area (Å²) in [4.78, 5) is 25.3. The van der Waals surface area contributed by atoms with Gasteiger partial charge in [-0.1, -0.05) is 24.6 Å². The fourth-order valence-corrected chi connectivity index (χ4v) is 3.60. The van der Waals surface area contributed by atoms with Crippen LogP contribution in [0.25, 0.3) is 11.1 Å². The van der Waals surface area contributed by atoms with Gasteiger partial charge >= 0.3 is 0 Å². The molecule has 1 amide bonds. The van der Waals surface area contributed by atoms with Gasteiger partial charge in [-0.3, -0.25) is 9.78 Å². The molecule has 2 aromatic heterocycles. The fourth-order valence-electron chi connectivity index (χ4n) is 3.60. The van der Waals surface area contributed by atoms with E-state index in [2.05, 4.69) is 31.7 Å². The molecule has 6 nitrogen and oxygen atoms in total. The largest absolute Gasteiger partial charge is 0.355 e. The lowest BCUT2D eigenvalue weighted by atomic mass is 9.66. The average molecular weight is 373 g/mol. The van der Waals surface area contributed by atoms with Crippen molar-refractivity contribution in [3.05, 3.63) is 72.3 Å². The summed E-state index contributed by atoms with van der Waals surface area (Å²) in [7, 11) is 1.62. The summed E-state index contributed by atoms with van der Waals surface area (Å²) in [5.74, 6) is 0.495. The number of pyridine rings is 1. The summed E-state index contributed by atoms with van der Waals surface area (Å²) < 4.78 is 0. The number of nitrogens with one attached hydrogen (secondary N) is 2. The summed E-state index contributed by atoms with van der Waals surface area (Å²) in [6, 6.07) is 13.5. The molecule has 0 spiro atoms. The van der Waals surface area contributed by atoms with E-state index in [1.807, 2.05) is 36.5 Å². The Morgan fingerprint density at radius 3 is 2.50 bits per heavy atom. The van der Waals surface area contributed by atoms with Gasteiger partial charge in [0.1, 0.15) is 0 Å². The van der Waals surface area contributed by atoms with Crippen LogP contribution in [0.15, 0.2) is 61.1 Å². The minimum atomic E-state index is -0.110. The normalized spacial score (nSPS) is 14.8. The third-order valence-corrected chi connectivity index (χ3v) is 5.44. The number of carbonyl (C=O) groups is 1. The molecule has 1 aliphatic carbocycles. The Hall–Kier alpha value is -3.28. The molecule has 1 aliphatic rings. The second-order valence-corrected chi connectivity index (χ2v) is 7.16. The van der Waals surface area contributed by atoms with Crippen LogP contribution in [0.2, 0.25) is 0 Å². The molecule has 2 N–H and O–H groups in total. The zero-order valence-electron chi connectivity index (χ0n) is 15.9. The van der Waals surface area contributed by atoms with Crippen molar-refractivity contribution in [3.63, 3.8) is 0 Å². The highest BCUT2D eigenvalue weighted by Gasteiger charge is 2.39. The van der Waals surface area contributed by atoms with Crippen molar-refractivity contribution < 1.29 is 4.79 Å². The Labute approximate surface area is 164 Å². The van der Waals surface area contributed by atoms with Gasteiger partial charge in [0.2, 0.25) is 5.95 Å². The van der Waals surface area contributed by atoms with Crippen molar-refractivity contribution in [1.29, 1.82) is 0 Å². The van der Waals surface area contributed by atoms with Crippen LogP contribution in [0.5, 0.6) is 0 Å². The SMILES string of the molecule is CNC(=O)c1cccc(-c2cnc(NCC3(c4ccccn4)CCC3)nc2)c1. The van der Waals surface area contributed by atoms with Crippen LogP contribution in [-0.2, 0) is 5.41 Å². The third kappa shape index (κ3) is 3.58. The minimum Gasteiger partial charge on any atom is -0.355 e. The lowest BCUT2D eigenvalue weighted by molar-refractivity contribution is 0.0963. The van der Waals surface area contributed by atoms with Crippen LogP contribution >= 0.6 is 0 Å². The van der Waals surface area contributed by atoms with E-state index < -0.39 is 0 Å². The summed E-state index contributed by atoms with van der Waals surface area (Å²) in [5.41, 5.74) is 3.61. The maximum atomic E-state index is 11.8. The first-order valence-corrected chi connectivity index (χ1v) is 9.50. The van der Waals surface area contributed by atoms with Gasteiger partial charge in [-0.15, -0.1) is 0 Å². The number of amides is 1. The van der Waals surface area contributed by atoms with E-state index in [1.165, 1.54) is 6.42 Å². The van der Waals surface area contributed by atoms with Gasteiger partial charge in [-0.25, -0.2) is 9.97 Å². The van der Waals surface area contributed by atoms with E-state index in [1.54, 1.807) is 25.5 Å². The molecule has 1 saturated carbocycles. The van der Waals surface area contributed by atoms with Crippen LogP contribution in [0.3, 0.4) is 0 Å². The van der Waals surface area contributed by atoms with Crippen LogP contribution in [0.1, 0.15) is 35.3 Å². The molecule has 2 heterocycles. The quantitative estimate of drug-likeness (QED) is 0.692. The van der Waals surface area contributed by atoms with E-state index in [9.17, 15) is 4.79 Å². The highest BCUT2D eigenvalue weighted by atomic mass is 16.1. The Balaban J connectivity index is 1.46. The molecule has 0 atom stereocenters. The first-order chi connectivity index (χ1) is 13.7. The molecule has 1 aromatic carbocycles. The van der Waals surface area contributed by atoms with E-state index in [4.69, 9.17) is 0 Å². The van der Waals surface area contributed by atoms with Gasteiger partial charge in [-0.2, -0.15) is 0 Å². The van der Waals surface area contributed by atoms with Gasteiger partial charge < -0.3 is 10.6 Å². The Bertz CT molecular complexity index is 952. The Kier molecular flexibility index (Phi) is 5.02. The summed E-state index contributed by atoms with van der Waals surface area (Å²) >= 11 is 0. The molecular formula is C22H23N5O. The highest BCUT2D eigenvalue weighted by molar-refractivity contribution is 5.95. The van der Waals surface area contributed by atoms with Crippen LogP contribution in [0.4, 0.5) is 5.95 Å². The van der Waals surface area contributed by atoms with E-state index in [0.29, 0.717) is 11.5 Å². The summed E-state index contributed by atoms with van der Waals surface area (Å²) in [6.45, 7) is 0.773. The van der Waals surface area contributed by atoms with Crippen molar-refractivity contribution in [1.82, 2.24) is 20.3 Å². The van der Waals surface area contributed by atoms with Gasteiger partial charge in [-0.05, 0) is 42.7 Å². The number of hydrogen-bond acceptors (Lipinski definition) is 5. The van der Waals surface area contributed by atoms with Crippen LogP contribution in [-0.4, -0.2) is 34.5 Å². The summed E-state index contributed by atoms with van der Waals surface area (Å²) in [6.07, 6.45) is 8.90. The van der Waals surface area contributed by atoms with Crippen LogP contribution in [0, 0.1) is 0 Å². The Morgan fingerprint density at radius 2 is 1.86 bits per heavy atom. The standard InChI is InChI=1S/C22H23N5O/c1-23-20(28)17-7-4-6-16(12-17)18-13-25-21(26-14-18)27-15-22(9-5-10-22)19-8-2-3-11-24-19/h2-4,6-8,11-14H,5,9-10,15H2,1H3,(H,23,28)(H,25,26,27). The first-order valence-electron chi connectivity index (χ1n) is 9.50. The second kappa shape index (κ2) is 7.76. The molecule has 0 aliphatic heterocycles. The molecule has 0 unspecified atom stereocenters. The topological polar surface area (TPSA) is 79.8 Å². The van der Waals surface area contributed by atoms with E-state index in [-0.39, 0.29) is 11.3 Å². The maximum absolute atomic E-state index is 11.8. The number of nitrogens with zero attached hydrogens (tertiary/aromatic N) is 3. The number of anilines is 1. The van der Waals surface area contributed by atoms with Crippen molar-refractivity contribution in [2.45, 2.75) is 24.7 Å². The molecule has 0 saturated heterocycles. The van der Waals surface area contributed by atoms with E-state index >= 15 is 0 Å². The Morgan fingerprint density at radius 1 is 1.04 bits per heavy atom. The average Bonchev–Trinajstić information content (AvgIpc) is 2.74. The van der Waals surface area contributed by atoms with Gasteiger partial charge in [0.05, 0.1) is 0 Å². The molecule has 0 radical (unpaired) electrons. The van der Waals surface area contributed by atoms with Crippen molar-refractivity contribution in [2.24, 2.45) is 0 Å². The molecule has 6 heteroatoms. The predicted molar refractivity (Wildman–Crippen MR) is 109 cm³/mol. The van der Waals surface area contributed by atoms with Crippen molar-refractivity contribution in [2.75, 3.05) is 18.9 Å². The van der Waals surface area contributed by atoms with E-state index in [0.717, 1.165) is 36.2 Å². The number of aromatic nitrogens is 3. The molecular weight excluding hydrogens is 350 g/mol. The first kappa shape index (κ1) is 18.1. The molecule has 0 bridgehead atoms. The van der Waals surface area contributed by atoms with Gasteiger partial charge in [0, 0.05) is 54.4 Å².